The van der Waals surface area contributed by atoms with Crippen LogP contribution in [0, 0.1) is 37.5 Å². The van der Waals surface area contributed by atoms with Gasteiger partial charge in [0.25, 0.3) is 0 Å². The zero-order valence-electron chi connectivity index (χ0n) is 28.7. The van der Waals surface area contributed by atoms with E-state index in [1.54, 1.807) is 13.8 Å². The summed E-state index contributed by atoms with van der Waals surface area (Å²) in [7, 11) is 2.72. The molecule has 1 aliphatic rings. The van der Waals surface area contributed by atoms with Crippen molar-refractivity contribution < 1.29 is 35.6 Å². The van der Waals surface area contributed by atoms with E-state index in [-0.39, 0.29) is 52.7 Å². The van der Waals surface area contributed by atoms with E-state index in [0.717, 1.165) is 44.1 Å². The molecule has 8 bridgehead atoms. The fraction of sp³-hybridized carbons (Fsp3) is 0.333. The van der Waals surface area contributed by atoms with Crippen LogP contribution in [0.3, 0.4) is 0 Å². The molecule has 0 atom stereocenters. The quantitative estimate of drug-likeness (QED) is 0.137. The number of nitrogens with zero attached hydrogens (tertiary/aromatic N) is 4. The normalized spacial score (nSPS) is 13.1. The van der Waals surface area contributed by atoms with Crippen molar-refractivity contribution in [1.82, 2.24) is 19.9 Å². The smallest absolute Gasteiger partial charge is 0.657 e. The maximum atomic E-state index is 12.2. The van der Waals surface area contributed by atoms with E-state index in [0.29, 0.717) is 56.8 Å². The van der Waals surface area contributed by atoms with E-state index < -0.39 is 0 Å². The second kappa shape index (κ2) is 15.0. The maximum absolute atomic E-state index is 12.2. The van der Waals surface area contributed by atoms with Crippen molar-refractivity contribution in [2.75, 3.05) is 14.2 Å². The monoisotopic (exact) mass is 708 g/mol. The van der Waals surface area contributed by atoms with E-state index in [2.05, 4.69) is 20.3 Å². The van der Waals surface area contributed by atoms with Gasteiger partial charge in [-0.1, -0.05) is 41.0 Å². The van der Waals surface area contributed by atoms with Crippen molar-refractivity contribution in [3.8, 4) is 0 Å². The molecule has 0 saturated heterocycles. The van der Waals surface area contributed by atoms with Crippen molar-refractivity contribution >= 4 is 47.6 Å². The van der Waals surface area contributed by atoms with Gasteiger partial charge in [-0.3, -0.25) is 9.59 Å². The molecule has 0 aromatic carbocycles. The van der Waals surface area contributed by atoms with Crippen LogP contribution >= 0.6 is 0 Å². The molecule has 12 nitrogen and oxygen atoms in total. The summed E-state index contributed by atoms with van der Waals surface area (Å²) in [5.74, 6) is -0.669. The topological polar surface area (TPSA) is 171 Å². The van der Waals surface area contributed by atoms with Gasteiger partial charge in [-0.05, 0) is 86.6 Å². The van der Waals surface area contributed by atoms with E-state index in [1.165, 1.54) is 14.2 Å². The molecule has 13 heteroatoms. The van der Waals surface area contributed by atoms with Gasteiger partial charge < -0.3 is 29.4 Å². The number of methoxy groups -OCH3 is 2. The molecule has 49 heavy (non-hydrogen) atoms. The minimum Gasteiger partial charge on any atom is -0.657 e. The largest absolute Gasteiger partial charge is 2.00 e. The van der Waals surface area contributed by atoms with Gasteiger partial charge >= 0.3 is 28.4 Å². The number of carbonyl (C=O) groups excluding carboxylic acids is 2. The van der Waals surface area contributed by atoms with Gasteiger partial charge in [-0.15, -0.1) is 32.2 Å². The van der Waals surface area contributed by atoms with Gasteiger partial charge in [0.15, 0.2) is 0 Å². The zero-order chi connectivity index (χ0) is 34.9. The minimum absolute atomic E-state index is 0. The Morgan fingerprint density at radius 2 is 1.20 bits per heavy atom. The Morgan fingerprint density at radius 3 is 1.82 bits per heavy atom. The number of hydrogen-bond donors (Lipinski definition) is 2. The molecule has 0 unspecified atom stereocenters. The number of carbonyl (C=O) groups is 2. The Labute approximate surface area is 292 Å². The summed E-state index contributed by atoms with van der Waals surface area (Å²) in [6.45, 7) is 11.0. The maximum Gasteiger partial charge on any atom is 2.00 e. The standard InChI is InChI=1S/C36H40N6O6.Ni/c1-17-23(9-11-33(43)47-7)29-16-30-24(10-12-34(44)48-8)18(2)26(38-30)14-31-36(22(6)42-46)20(4)28(40-31)15-32-35(21(5)41-45)19(3)27(39-32)13-25(17)37-29;/h13-16H,9-12H2,1-8H3,(H4,37,38,39,40,41,42,45,46);/q;+2/p-2. The molecular weight excluding hydrogens is 671 g/mol. The van der Waals surface area contributed by atoms with E-state index in [4.69, 9.17) is 19.4 Å². The van der Waals surface area contributed by atoms with Crippen molar-refractivity contribution in [2.45, 2.75) is 67.2 Å². The minimum atomic E-state index is -0.338. The molecule has 0 spiro atoms. The van der Waals surface area contributed by atoms with Crippen LogP contribution in [0.5, 0.6) is 0 Å². The summed E-state index contributed by atoms with van der Waals surface area (Å²) in [6, 6.07) is 0. The number of nitroso groups, excluding NO2 is 2. The third kappa shape index (κ3) is 7.08. The summed E-state index contributed by atoms with van der Waals surface area (Å²) in [5.41, 5.74) is 8.31. The third-order valence-electron chi connectivity index (χ3n) is 9.15. The van der Waals surface area contributed by atoms with Crippen molar-refractivity contribution in [2.24, 2.45) is 10.4 Å². The molecule has 4 aromatic rings. The molecule has 0 amide bonds. The average molecular weight is 709 g/mol. The second-order valence-electron chi connectivity index (χ2n) is 12.0. The van der Waals surface area contributed by atoms with Crippen LogP contribution < -0.4 is 41.8 Å². The van der Waals surface area contributed by atoms with E-state index in [9.17, 15) is 19.4 Å². The number of ether oxygens (including phenoxy) is 2. The van der Waals surface area contributed by atoms with Gasteiger partial charge in [0.1, 0.15) is 0 Å². The summed E-state index contributed by atoms with van der Waals surface area (Å²) in [6.07, 6.45) is 8.69. The van der Waals surface area contributed by atoms with E-state index >= 15 is 0 Å². The molecule has 5 rings (SSSR count). The fourth-order valence-corrected chi connectivity index (χ4v) is 6.42. The van der Waals surface area contributed by atoms with Crippen LogP contribution in [0.2, 0.25) is 0 Å². The molecule has 2 N–H and O–H groups in total. The van der Waals surface area contributed by atoms with Crippen LogP contribution in [0.15, 0.2) is 10.4 Å². The first-order chi connectivity index (χ1) is 22.9. The molecule has 0 aliphatic carbocycles. The van der Waals surface area contributed by atoms with Crippen LogP contribution in [0.25, 0.3) is 35.7 Å². The molecule has 0 saturated carbocycles. The Bertz CT molecular complexity index is 2370. The number of fused-ring (bicyclic) bond motifs is 8. The SMILES string of the molecule is COC(=O)CCc1c2[n-]c(c1C)C=c1[nH]c(c(C)c1=C(C)N=O)C=c1[n-]c(c(C)c1=C(C)N=O)C=c1[nH]c(c(CCC(=O)OC)c1C)=C2.[Ni+2]. The number of aromatic amines is 2. The predicted octanol–water partition coefficient (Wildman–Crippen LogP) is 1.12. The fourth-order valence-electron chi connectivity index (χ4n) is 6.42. The number of H-pyrrole nitrogens is 2. The summed E-state index contributed by atoms with van der Waals surface area (Å²) >= 11 is 0. The summed E-state index contributed by atoms with van der Waals surface area (Å²) in [5, 5.41) is 10.4. The zero-order valence-corrected chi connectivity index (χ0v) is 29.7. The Morgan fingerprint density at radius 1 is 0.653 bits per heavy atom. The van der Waals surface area contributed by atoms with Crippen LogP contribution in [0.4, 0.5) is 0 Å². The molecule has 4 aromatic heterocycles. The van der Waals surface area contributed by atoms with Crippen molar-refractivity contribution in [1.29, 1.82) is 0 Å². The summed E-state index contributed by atoms with van der Waals surface area (Å²) in [4.78, 5) is 65.0. The van der Waals surface area contributed by atoms with Gasteiger partial charge in [0.05, 0.1) is 25.6 Å². The van der Waals surface area contributed by atoms with Crippen LogP contribution in [-0.4, -0.2) is 36.1 Å². The first kappa shape index (κ1) is 36.8. The number of aromatic nitrogens is 4. The number of nitrogens with one attached hydrogen (secondary N) is 2. The van der Waals surface area contributed by atoms with Gasteiger partial charge in [-0.2, -0.15) is 0 Å². The Balaban J connectivity index is 0.00000541. The predicted molar refractivity (Wildman–Crippen MR) is 183 cm³/mol. The second-order valence-corrected chi connectivity index (χ2v) is 12.0. The number of rotatable bonds is 8. The van der Waals surface area contributed by atoms with Crippen molar-refractivity contribution in [3.63, 3.8) is 0 Å². The first-order valence-electron chi connectivity index (χ1n) is 15.6. The van der Waals surface area contributed by atoms with Gasteiger partial charge in [-0.25, -0.2) is 0 Å². The van der Waals surface area contributed by atoms with Gasteiger partial charge in [0, 0.05) is 39.8 Å². The van der Waals surface area contributed by atoms with Crippen LogP contribution in [0.1, 0.15) is 82.8 Å². The molecule has 0 fully saturated rings. The molecule has 0 radical (unpaired) electrons. The Kier molecular flexibility index (Phi) is 11.3. The summed E-state index contributed by atoms with van der Waals surface area (Å²) < 4.78 is 9.86. The van der Waals surface area contributed by atoms with Crippen molar-refractivity contribution in [3.05, 3.63) is 97.8 Å². The number of hydrogen-bond acceptors (Lipinski definition) is 8. The first-order valence-corrected chi connectivity index (χ1v) is 15.6. The molecular formula is C36H38N6NiO6. The molecule has 5 heterocycles. The molecule has 258 valence electrons. The van der Waals surface area contributed by atoms with Gasteiger partial charge in [0.2, 0.25) is 0 Å². The Hall–Kier alpha value is -5.03. The number of esters is 2. The van der Waals surface area contributed by atoms with Crippen LogP contribution in [-0.2, 0) is 48.4 Å². The average Bonchev–Trinajstić information content (AvgIpc) is 3.74. The molecule has 1 aliphatic heterocycles. The third-order valence-corrected chi connectivity index (χ3v) is 9.15. The van der Waals surface area contributed by atoms with E-state index in [1.807, 2.05) is 52.0 Å².